The van der Waals surface area contributed by atoms with Crippen LogP contribution in [0.1, 0.15) is 31.2 Å². The molecule has 0 bridgehead atoms. The van der Waals surface area contributed by atoms with Crippen LogP contribution in [0.3, 0.4) is 0 Å². The first-order valence-electron chi connectivity index (χ1n) is 8.08. The van der Waals surface area contributed by atoms with Crippen molar-refractivity contribution in [2.75, 3.05) is 0 Å². The highest BCUT2D eigenvalue weighted by Gasteiger charge is 2.42. The third-order valence-corrected chi connectivity index (χ3v) is 5.15. The number of hydrogen-bond acceptors (Lipinski definition) is 1. The van der Waals surface area contributed by atoms with Gasteiger partial charge in [0.2, 0.25) is 0 Å². The number of ether oxygens (including phenoxy) is 1. The van der Waals surface area contributed by atoms with Gasteiger partial charge in [-0.1, -0.05) is 28.1 Å². The molecule has 1 fully saturated rings. The molecule has 26 heavy (non-hydrogen) atoms. The monoisotopic (exact) mass is 440 g/mol. The number of benzene rings is 2. The van der Waals surface area contributed by atoms with Crippen LogP contribution in [0.15, 0.2) is 34.8 Å². The third-order valence-electron chi connectivity index (χ3n) is 4.66. The van der Waals surface area contributed by atoms with E-state index in [1.54, 1.807) is 6.07 Å². The fourth-order valence-corrected chi connectivity index (χ4v) is 3.74. The van der Waals surface area contributed by atoms with E-state index in [9.17, 15) is 26.3 Å². The Morgan fingerprint density at radius 1 is 0.885 bits per heavy atom. The zero-order chi connectivity index (χ0) is 19.1. The molecule has 0 aromatic heterocycles. The highest BCUT2D eigenvalue weighted by molar-refractivity contribution is 9.10. The van der Waals surface area contributed by atoms with Gasteiger partial charge >= 0.3 is 12.4 Å². The van der Waals surface area contributed by atoms with E-state index < -0.39 is 29.9 Å². The van der Waals surface area contributed by atoms with Crippen LogP contribution < -0.4 is 4.74 Å². The number of fused-ring (bicyclic) bond motifs is 1. The minimum absolute atomic E-state index is 0.00202. The van der Waals surface area contributed by atoms with Crippen LogP contribution in [-0.2, 0) is 6.18 Å². The molecular weight excluding hydrogens is 426 g/mol. The quantitative estimate of drug-likeness (QED) is 0.451. The number of alkyl halides is 6. The molecule has 0 heterocycles. The highest BCUT2D eigenvalue weighted by Crippen LogP contribution is 2.44. The largest absolute Gasteiger partial charge is 0.490 e. The Balaban J connectivity index is 1.88. The van der Waals surface area contributed by atoms with E-state index in [0.717, 1.165) is 0 Å². The summed E-state index contributed by atoms with van der Waals surface area (Å²) in [6.45, 7) is 0. The first-order valence-corrected chi connectivity index (χ1v) is 8.88. The lowest BCUT2D eigenvalue weighted by Crippen LogP contribution is -2.32. The first-order chi connectivity index (χ1) is 12.1. The van der Waals surface area contributed by atoms with Crippen molar-refractivity contribution >= 4 is 26.7 Å². The molecule has 0 atom stereocenters. The SMILES string of the molecule is FC(F)(F)c1c(O[C@H]2CC[C@@H](C(F)(F)F)CC2)ccc2cc(Br)ccc12. The average molecular weight is 441 g/mol. The standard InChI is InChI=1S/C18H15BrF6O/c19-12-4-7-14-10(9-12)1-8-15(16(14)18(23,24)25)26-13-5-2-11(3-6-13)17(20,21)22/h1,4,7-9,11,13H,2-3,5-6H2/t11-,13+. The lowest BCUT2D eigenvalue weighted by molar-refractivity contribution is -0.185. The van der Waals surface area contributed by atoms with Crippen molar-refractivity contribution in [1.29, 1.82) is 0 Å². The van der Waals surface area contributed by atoms with Gasteiger partial charge in [0.25, 0.3) is 0 Å². The van der Waals surface area contributed by atoms with Gasteiger partial charge in [0.1, 0.15) is 11.3 Å². The molecule has 1 aliphatic rings. The van der Waals surface area contributed by atoms with Gasteiger partial charge in [0, 0.05) is 4.47 Å². The molecule has 2 aromatic carbocycles. The molecular formula is C18H15BrF6O. The Bertz CT molecular complexity index is 791. The Morgan fingerprint density at radius 3 is 2.12 bits per heavy atom. The van der Waals surface area contributed by atoms with Gasteiger partial charge in [-0.3, -0.25) is 0 Å². The molecule has 8 heteroatoms. The minimum atomic E-state index is -4.63. The number of halogens is 7. The number of hydrogen-bond donors (Lipinski definition) is 0. The molecule has 0 amide bonds. The van der Waals surface area contributed by atoms with Crippen molar-refractivity contribution in [2.24, 2.45) is 5.92 Å². The van der Waals surface area contributed by atoms with E-state index in [1.165, 1.54) is 24.3 Å². The van der Waals surface area contributed by atoms with Gasteiger partial charge in [-0.15, -0.1) is 0 Å². The summed E-state index contributed by atoms with van der Waals surface area (Å²) in [4.78, 5) is 0. The van der Waals surface area contributed by atoms with Gasteiger partial charge < -0.3 is 4.74 Å². The van der Waals surface area contributed by atoms with E-state index in [-0.39, 0.29) is 36.8 Å². The van der Waals surface area contributed by atoms with E-state index >= 15 is 0 Å². The second-order valence-electron chi connectivity index (χ2n) is 6.44. The molecule has 2 aromatic rings. The van der Waals surface area contributed by atoms with Crippen molar-refractivity contribution in [3.05, 3.63) is 40.4 Å². The van der Waals surface area contributed by atoms with Crippen LogP contribution in [0.25, 0.3) is 10.8 Å². The average Bonchev–Trinajstić information content (AvgIpc) is 2.53. The summed E-state index contributed by atoms with van der Waals surface area (Å²) in [5, 5.41) is 0.405. The maximum atomic E-state index is 13.6. The summed E-state index contributed by atoms with van der Waals surface area (Å²) < 4.78 is 85.2. The molecule has 1 nitrogen and oxygen atoms in total. The smallest absolute Gasteiger partial charge is 0.420 e. The lowest BCUT2D eigenvalue weighted by atomic mass is 9.87. The highest BCUT2D eigenvalue weighted by atomic mass is 79.9. The van der Waals surface area contributed by atoms with Gasteiger partial charge in [-0.2, -0.15) is 26.3 Å². The minimum Gasteiger partial charge on any atom is -0.490 e. The Morgan fingerprint density at radius 2 is 1.54 bits per heavy atom. The maximum absolute atomic E-state index is 13.6. The predicted molar refractivity (Wildman–Crippen MR) is 89.1 cm³/mol. The molecule has 3 rings (SSSR count). The second-order valence-corrected chi connectivity index (χ2v) is 7.35. The van der Waals surface area contributed by atoms with Gasteiger partial charge in [0.05, 0.1) is 12.0 Å². The summed E-state index contributed by atoms with van der Waals surface area (Å²) in [6, 6.07) is 7.20. The zero-order valence-corrected chi connectivity index (χ0v) is 15.0. The molecule has 0 spiro atoms. The van der Waals surface area contributed by atoms with Crippen LogP contribution in [0.2, 0.25) is 0 Å². The molecule has 142 valence electrons. The van der Waals surface area contributed by atoms with E-state index in [2.05, 4.69) is 15.9 Å². The van der Waals surface area contributed by atoms with E-state index in [0.29, 0.717) is 9.86 Å². The lowest BCUT2D eigenvalue weighted by Gasteiger charge is -2.31. The van der Waals surface area contributed by atoms with E-state index in [4.69, 9.17) is 4.74 Å². The third kappa shape index (κ3) is 4.10. The van der Waals surface area contributed by atoms with Crippen LogP contribution in [-0.4, -0.2) is 12.3 Å². The molecule has 1 saturated carbocycles. The fourth-order valence-electron chi connectivity index (χ4n) is 3.36. The van der Waals surface area contributed by atoms with Crippen LogP contribution in [0.5, 0.6) is 5.75 Å². The molecule has 0 radical (unpaired) electrons. The van der Waals surface area contributed by atoms with Gasteiger partial charge in [-0.05, 0) is 54.7 Å². The zero-order valence-electron chi connectivity index (χ0n) is 13.4. The van der Waals surface area contributed by atoms with Crippen molar-refractivity contribution in [3.8, 4) is 5.75 Å². The van der Waals surface area contributed by atoms with Gasteiger partial charge in [-0.25, -0.2) is 0 Å². The summed E-state index contributed by atoms with van der Waals surface area (Å²) in [5.41, 5.74) is -0.888. The van der Waals surface area contributed by atoms with Crippen LogP contribution in [0.4, 0.5) is 26.3 Å². The second kappa shape index (κ2) is 6.94. The molecule has 0 aliphatic heterocycles. The molecule has 0 unspecified atom stereocenters. The summed E-state index contributed by atoms with van der Waals surface area (Å²) >= 11 is 3.22. The predicted octanol–water partition coefficient (Wildman–Crippen LogP) is 7.12. The maximum Gasteiger partial charge on any atom is 0.420 e. The summed E-state index contributed by atoms with van der Waals surface area (Å²) in [7, 11) is 0. The normalized spacial score (nSPS) is 21.8. The molecule has 1 aliphatic carbocycles. The Kier molecular flexibility index (Phi) is 5.16. The van der Waals surface area contributed by atoms with Crippen LogP contribution in [0, 0.1) is 5.92 Å². The van der Waals surface area contributed by atoms with Crippen molar-refractivity contribution < 1.29 is 31.1 Å². The van der Waals surface area contributed by atoms with Gasteiger partial charge in [0.15, 0.2) is 0 Å². The van der Waals surface area contributed by atoms with E-state index in [1.807, 2.05) is 0 Å². The van der Waals surface area contributed by atoms with Crippen molar-refractivity contribution in [2.45, 2.75) is 44.1 Å². The van der Waals surface area contributed by atoms with Crippen molar-refractivity contribution in [3.63, 3.8) is 0 Å². The first kappa shape index (κ1) is 19.3. The topological polar surface area (TPSA) is 9.23 Å². The molecule has 0 saturated heterocycles. The summed E-state index contributed by atoms with van der Waals surface area (Å²) in [5.74, 6) is -1.74. The van der Waals surface area contributed by atoms with Crippen LogP contribution >= 0.6 is 15.9 Å². The summed E-state index contributed by atoms with van der Waals surface area (Å²) in [6.07, 6.45) is -9.64. The fraction of sp³-hybridized carbons (Fsp3) is 0.444. The van der Waals surface area contributed by atoms with Crippen molar-refractivity contribution in [1.82, 2.24) is 0 Å². The Labute approximate surface area is 154 Å². The Hall–Kier alpha value is -1.44. The number of rotatable bonds is 2. The molecule has 0 N–H and O–H groups in total.